The van der Waals surface area contributed by atoms with Gasteiger partial charge in [0.05, 0.1) is 0 Å². The Morgan fingerprint density at radius 3 is 2.69 bits per heavy atom. The molecule has 1 unspecified atom stereocenters. The topological polar surface area (TPSA) is 50.4 Å². The van der Waals surface area contributed by atoms with E-state index >= 15 is 0 Å². The van der Waals surface area contributed by atoms with Crippen molar-refractivity contribution in [3.8, 4) is 0 Å². The van der Waals surface area contributed by atoms with Crippen LogP contribution in [0.2, 0.25) is 0 Å². The molecule has 2 fully saturated rings. The number of guanidine groups is 1. The van der Waals surface area contributed by atoms with E-state index in [0.29, 0.717) is 12.0 Å². The van der Waals surface area contributed by atoms with Gasteiger partial charge in [0.2, 0.25) is 0 Å². The summed E-state index contributed by atoms with van der Waals surface area (Å²) in [6.07, 6.45) is 6.50. The minimum atomic E-state index is 0. The molecule has 1 saturated heterocycles. The quantitative estimate of drug-likeness (QED) is 0.464. The van der Waals surface area contributed by atoms with Gasteiger partial charge >= 0.3 is 0 Å². The highest BCUT2D eigenvalue weighted by Gasteiger charge is 2.16. The molecule has 2 aliphatic rings. The second-order valence-electron chi connectivity index (χ2n) is 4.58. The summed E-state index contributed by atoms with van der Waals surface area (Å²) in [4.78, 5) is 4.44. The molecule has 0 aromatic heterocycles. The van der Waals surface area contributed by atoms with E-state index in [1.54, 1.807) is 0 Å². The van der Waals surface area contributed by atoms with Crippen LogP contribution in [0.15, 0.2) is 4.99 Å². The fourth-order valence-corrected chi connectivity index (χ4v) is 3.55. The molecule has 2 rings (SSSR count). The normalized spacial score (nSPS) is 26.8. The second kappa shape index (κ2) is 7.63. The van der Waals surface area contributed by atoms with Gasteiger partial charge in [0.15, 0.2) is 5.96 Å². The molecule has 16 heavy (non-hydrogen) atoms. The third-order valence-electron chi connectivity index (χ3n) is 3.25. The summed E-state index contributed by atoms with van der Waals surface area (Å²) in [5.41, 5.74) is 5.86. The first-order valence-corrected chi connectivity index (χ1v) is 7.14. The zero-order valence-electron chi connectivity index (χ0n) is 9.65. The Morgan fingerprint density at radius 1 is 1.31 bits per heavy atom. The molecule has 3 nitrogen and oxygen atoms in total. The van der Waals surface area contributed by atoms with Crippen molar-refractivity contribution in [3.63, 3.8) is 0 Å². The van der Waals surface area contributed by atoms with Crippen LogP contribution < -0.4 is 11.1 Å². The Morgan fingerprint density at radius 2 is 2.06 bits per heavy atom. The predicted octanol–water partition coefficient (Wildman–Crippen LogP) is 2.20. The van der Waals surface area contributed by atoms with Gasteiger partial charge in [0.25, 0.3) is 0 Å². The van der Waals surface area contributed by atoms with Crippen molar-refractivity contribution in [1.29, 1.82) is 0 Å². The van der Waals surface area contributed by atoms with Crippen molar-refractivity contribution < 1.29 is 0 Å². The first-order chi connectivity index (χ1) is 7.34. The smallest absolute Gasteiger partial charge is 0.188 e. The Bertz CT molecular complexity index is 223. The number of nitrogens with one attached hydrogen (secondary N) is 1. The van der Waals surface area contributed by atoms with Gasteiger partial charge in [-0.1, -0.05) is 12.8 Å². The fourth-order valence-electron chi connectivity index (χ4n) is 2.28. The van der Waals surface area contributed by atoms with E-state index in [9.17, 15) is 0 Å². The Labute approximate surface area is 119 Å². The minimum absolute atomic E-state index is 0. The monoisotopic (exact) mass is 355 g/mol. The van der Waals surface area contributed by atoms with Crippen molar-refractivity contribution in [1.82, 2.24) is 5.32 Å². The Hall–Kier alpha value is 0.350. The molecule has 1 aliphatic heterocycles. The molecular formula is C11H22IN3S. The maximum absolute atomic E-state index is 5.86. The number of thioether (sulfide) groups is 1. The van der Waals surface area contributed by atoms with E-state index in [1.807, 2.05) is 11.8 Å². The third-order valence-corrected chi connectivity index (χ3v) is 4.48. The van der Waals surface area contributed by atoms with E-state index in [2.05, 4.69) is 10.3 Å². The van der Waals surface area contributed by atoms with Crippen LogP contribution in [-0.2, 0) is 0 Å². The largest absolute Gasteiger partial charge is 0.370 e. The number of rotatable bonds is 3. The van der Waals surface area contributed by atoms with Crippen LogP contribution in [0.5, 0.6) is 0 Å². The van der Waals surface area contributed by atoms with Crippen LogP contribution in [0.4, 0.5) is 0 Å². The van der Waals surface area contributed by atoms with E-state index < -0.39 is 0 Å². The molecule has 0 amide bonds. The first-order valence-electron chi connectivity index (χ1n) is 5.99. The maximum Gasteiger partial charge on any atom is 0.188 e. The third kappa shape index (κ3) is 4.69. The molecule has 0 aromatic rings. The lowest BCUT2D eigenvalue weighted by Crippen LogP contribution is -2.38. The number of nitrogens with zero attached hydrogens (tertiary/aromatic N) is 1. The summed E-state index contributed by atoms with van der Waals surface area (Å²) in [5.74, 6) is 3.99. The van der Waals surface area contributed by atoms with Gasteiger partial charge in [-0.05, 0) is 36.7 Å². The average molecular weight is 355 g/mol. The Kier molecular flexibility index (Phi) is 6.87. The van der Waals surface area contributed by atoms with Crippen molar-refractivity contribution >= 4 is 41.7 Å². The zero-order valence-corrected chi connectivity index (χ0v) is 12.8. The number of hydrogen-bond acceptors (Lipinski definition) is 2. The summed E-state index contributed by atoms with van der Waals surface area (Å²) in [7, 11) is 0. The SMILES string of the molecule is I.NC(=NCC1CCSC1)NC1CCCC1. The number of halogens is 1. The molecule has 1 aliphatic carbocycles. The van der Waals surface area contributed by atoms with Gasteiger partial charge in [0.1, 0.15) is 0 Å². The lowest BCUT2D eigenvalue weighted by Gasteiger charge is -2.13. The fraction of sp³-hybridized carbons (Fsp3) is 0.909. The van der Waals surface area contributed by atoms with Crippen LogP contribution >= 0.6 is 35.7 Å². The summed E-state index contributed by atoms with van der Waals surface area (Å²) in [5, 5.41) is 3.32. The maximum atomic E-state index is 5.86. The van der Waals surface area contributed by atoms with Gasteiger partial charge in [-0.15, -0.1) is 24.0 Å². The van der Waals surface area contributed by atoms with Crippen LogP contribution in [-0.4, -0.2) is 30.1 Å². The van der Waals surface area contributed by atoms with Crippen molar-refractivity contribution in [2.45, 2.75) is 38.1 Å². The molecule has 0 aromatic carbocycles. The molecule has 1 heterocycles. The Balaban J connectivity index is 0.00000128. The number of hydrogen-bond donors (Lipinski definition) is 2. The van der Waals surface area contributed by atoms with E-state index in [4.69, 9.17) is 5.73 Å². The molecule has 0 radical (unpaired) electrons. The van der Waals surface area contributed by atoms with Gasteiger partial charge in [-0.3, -0.25) is 4.99 Å². The number of nitrogens with two attached hydrogens (primary N) is 1. The van der Waals surface area contributed by atoms with Crippen molar-refractivity contribution in [2.24, 2.45) is 16.6 Å². The van der Waals surface area contributed by atoms with Gasteiger partial charge in [-0.25, -0.2) is 0 Å². The van der Waals surface area contributed by atoms with Gasteiger partial charge in [0, 0.05) is 12.6 Å². The molecule has 0 spiro atoms. The van der Waals surface area contributed by atoms with Crippen molar-refractivity contribution in [2.75, 3.05) is 18.1 Å². The van der Waals surface area contributed by atoms with Crippen LogP contribution in [0, 0.1) is 5.92 Å². The highest BCUT2D eigenvalue weighted by Crippen LogP contribution is 2.23. The summed E-state index contributed by atoms with van der Waals surface area (Å²) in [6, 6.07) is 0.590. The molecule has 94 valence electrons. The molecule has 0 bridgehead atoms. The molecule has 5 heteroatoms. The van der Waals surface area contributed by atoms with Crippen LogP contribution in [0.3, 0.4) is 0 Å². The van der Waals surface area contributed by atoms with Crippen LogP contribution in [0.1, 0.15) is 32.1 Å². The predicted molar refractivity (Wildman–Crippen MR) is 82.7 cm³/mol. The van der Waals surface area contributed by atoms with E-state index in [1.165, 1.54) is 43.6 Å². The first kappa shape index (κ1) is 14.4. The van der Waals surface area contributed by atoms with E-state index in [0.717, 1.165) is 12.5 Å². The lowest BCUT2D eigenvalue weighted by molar-refractivity contribution is 0.597. The summed E-state index contributed by atoms with van der Waals surface area (Å²) >= 11 is 2.04. The molecular weight excluding hydrogens is 333 g/mol. The minimum Gasteiger partial charge on any atom is -0.370 e. The summed E-state index contributed by atoms with van der Waals surface area (Å²) < 4.78 is 0. The molecule has 1 saturated carbocycles. The van der Waals surface area contributed by atoms with E-state index in [-0.39, 0.29) is 24.0 Å². The van der Waals surface area contributed by atoms with Gasteiger partial charge < -0.3 is 11.1 Å². The summed E-state index contributed by atoms with van der Waals surface area (Å²) in [6.45, 7) is 0.915. The van der Waals surface area contributed by atoms with Crippen LogP contribution in [0.25, 0.3) is 0 Å². The highest BCUT2D eigenvalue weighted by atomic mass is 127. The highest BCUT2D eigenvalue weighted by molar-refractivity contribution is 14.0. The number of aliphatic imine (C=N–C) groups is 1. The second-order valence-corrected chi connectivity index (χ2v) is 5.73. The molecule has 3 N–H and O–H groups in total. The molecule has 1 atom stereocenters. The van der Waals surface area contributed by atoms with Gasteiger partial charge in [-0.2, -0.15) is 11.8 Å². The standard InChI is InChI=1S/C11H21N3S.HI/c12-11(14-10-3-1-2-4-10)13-7-9-5-6-15-8-9;/h9-10H,1-8H2,(H3,12,13,14);1H. The van der Waals surface area contributed by atoms with Crippen molar-refractivity contribution in [3.05, 3.63) is 0 Å². The zero-order chi connectivity index (χ0) is 10.5. The average Bonchev–Trinajstić information content (AvgIpc) is 2.86. The lowest BCUT2D eigenvalue weighted by atomic mass is 10.1.